The van der Waals surface area contributed by atoms with Gasteiger partial charge in [0.1, 0.15) is 0 Å². The number of fused-ring (bicyclic) bond motifs is 1. The van der Waals surface area contributed by atoms with E-state index < -0.39 is 0 Å². The predicted octanol–water partition coefficient (Wildman–Crippen LogP) is 2.35. The maximum Gasteiger partial charge on any atom is 0.0870 e. The van der Waals surface area contributed by atoms with Gasteiger partial charge in [-0.1, -0.05) is 6.08 Å². The van der Waals surface area contributed by atoms with Crippen LogP contribution in [0.1, 0.15) is 19.3 Å². The van der Waals surface area contributed by atoms with E-state index in [1.165, 1.54) is 12.8 Å². The minimum atomic E-state index is 0.142. The normalized spacial score (nSPS) is 43.2. The van der Waals surface area contributed by atoms with E-state index in [0.717, 1.165) is 6.42 Å². The van der Waals surface area contributed by atoms with E-state index in [-0.39, 0.29) is 5.38 Å². The molecule has 1 heterocycles. The van der Waals surface area contributed by atoms with Crippen molar-refractivity contribution in [2.75, 3.05) is 0 Å². The molecule has 2 aliphatic rings. The molecule has 1 saturated carbocycles. The number of rotatable bonds is 3. The molecule has 1 aliphatic carbocycles. The Morgan fingerprint density at radius 2 is 2.45 bits per heavy atom. The molecule has 0 unspecified atom stereocenters. The highest BCUT2D eigenvalue weighted by molar-refractivity contribution is 6.21. The first kappa shape index (κ1) is 7.63. The Morgan fingerprint density at radius 3 is 2.91 bits per heavy atom. The van der Waals surface area contributed by atoms with Crippen molar-refractivity contribution in [1.82, 2.24) is 0 Å². The lowest BCUT2D eigenvalue weighted by atomic mass is 10.0. The van der Waals surface area contributed by atoms with E-state index in [1.54, 1.807) is 0 Å². The zero-order valence-corrected chi connectivity index (χ0v) is 7.26. The number of alkyl halides is 1. The topological polar surface area (TPSA) is 12.5 Å². The number of allylic oxidation sites excluding steroid dienone is 1. The van der Waals surface area contributed by atoms with Crippen molar-refractivity contribution in [3.8, 4) is 0 Å². The summed E-state index contributed by atoms with van der Waals surface area (Å²) in [6.45, 7) is 3.67. The quantitative estimate of drug-likeness (QED) is 0.362. The van der Waals surface area contributed by atoms with Crippen molar-refractivity contribution >= 4 is 11.6 Å². The summed E-state index contributed by atoms with van der Waals surface area (Å²) in [6, 6.07) is 0. The van der Waals surface area contributed by atoms with Gasteiger partial charge in [-0.05, 0) is 25.2 Å². The molecule has 0 aromatic carbocycles. The number of ether oxygens (including phenoxy) is 1. The van der Waals surface area contributed by atoms with Crippen molar-refractivity contribution in [3.63, 3.8) is 0 Å². The summed E-state index contributed by atoms with van der Waals surface area (Å²) in [5.74, 6) is 0.709. The number of epoxide rings is 1. The van der Waals surface area contributed by atoms with Crippen LogP contribution >= 0.6 is 11.6 Å². The van der Waals surface area contributed by atoms with Gasteiger partial charge in [-0.3, -0.25) is 0 Å². The van der Waals surface area contributed by atoms with E-state index in [0.29, 0.717) is 18.1 Å². The maximum atomic E-state index is 5.96. The van der Waals surface area contributed by atoms with Crippen LogP contribution in [0.3, 0.4) is 0 Å². The van der Waals surface area contributed by atoms with Gasteiger partial charge in [0.15, 0.2) is 0 Å². The maximum absolute atomic E-state index is 5.96. The third-order valence-electron chi connectivity index (χ3n) is 2.69. The van der Waals surface area contributed by atoms with E-state index in [2.05, 4.69) is 6.58 Å². The van der Waals surface area contributed by atoms with Crippen LogP contribution in [0.5, 0.6) is 0 Å². The molecule has 1 aliphatic heterocycles. The van der Waals surface area contributed by atoms with Gasteiger partial charge in [0, 0.05) is 0 Å². The zero-order valence-electron chi connectivity index (χ0n) is 6.50. The molecular formula is C9H13ClO. The molecule has 0 aromatic heterocycles. The van der Waals surface area contributed by atoms with Crippen molar-refractivity contribution in [3.05, 3.63) is 12.7 Å². The molecule has 0 bridgehead atoms. The zero-order chi connectivity index (χ0) is 7.84. The highest BCUT2D eigenvalue weighted by Crippen LogP contribution is 2.45. The average molecular weight is 173 g/mol. The summed E-state index contributed by atoms with van der Waals surface area (Å²) in [5, 5.41) is 0.142. The largest absolute Gasteiger partial charge is 0.369 e. The molecule has 11 heavy (non-hydrogen) atoms. The van der Waals surface area contributed by atoms with Gasteiger partial charge >= 0.3 is 0 Å². The van der Waals surface area contributed by atoms with Crippen molar-refractivity contribution in [1.29, 1.82) is 0 Å². The minimum absolute atomic E-state index is 0.142. The first-order valence-electron chi connectivity index (χ1n) is 4.23. The van der Waals surface area contributed by atoms with Gasteiger partial charge in [0.05, 0.1) is 17.6 Å². The summed E-state index contributed by atoms with van der Waals surface area (Å²) < 4.78 is 5.42. The predicted molar refractivity (Wildman–Crippen MR) is 45.8 cm³/mol. The molecule has 0 N–H and O–H groups in total. The molecule has 0 amide bonds. The monoisotopic (exact) mass is 172 g/mol. The molecule has 1 saturated heterocycles. The summed E-state index contributed by atoms with van der Waals surface area (Å²) in [6.07, 6.45) is 6.55. The second-order valence-corrected chi connectivity index (χ2v) is 4.02. The molecular weight excluding hydrogens is 160 g/mol. The van der Waals surface area contributed by atoms with E-state index in [1.807, 2.05) is 6.08 Å². The van der Waals surface area contributed by atoms with Gasteiger partial charge < -0.3 is 4.74 Å². The lowest BCUT2D eigenvalue weighted by Crippen LogP contribution is -2.09. The molecule has 2 fully saturated rings. The standard InChI is InChI=1S/C9H13ClO/c1-2-7(10)5-6-3-4-8-9(6)11-8/h2,6-9H,1,3-5H2/t6-,7-,8-,9-/m1/s1. The van der Waals surface area contributed by atoms with Crippen LogP contribution < -0.4 is 0 Å². The summed E-state index contributed by atoms with van der Waals surface area (Å²) in [4.78, 5) is 0. The molecule has 2 rings (SSSR count). The number of hydrogen-bond acceptors (Lipinski definition) is 1. The van der Waals surface area contributed by atoms with Crippen LogP contribution in [-0.4, -0.2) is 17.6 Å². The molecule has 0 radical (unpaired) electrons. The smallest absolute Gasteiger partial charge is 0.0870 e. The van der Waals surface area contributed by atoms with Gasteiger partial charge in [0.2, 0.25) is 0 Å². The van der Waals surface area contributed by atoms with Crippen LogP contribution in [0.25, 0.3) is 0 Å². The first-order valence-corrected chi connectivity index (χ1v) is 4.67. The fourth-order valence-corrected chi connectivity index (χ4v) is 2.21. The average Bonchev–Trinajstić information content (AvgIpc) is 2.70. The Bertz CT molecular complexity index is 169. The van der Waals surface area contributed by atoms with Crippen LogP contribution in [-0.2, 0) is 4.74 Å². The number of halogens is 1. The molecule has 1 nitrogen and oxygen atoms in total. The van der Waals surface area contributed by atoms with Gasteiger partial charge in [-0.25, -0.2) is 0 Å². The van der Waals surface area contributed by atoms with Crippen LogP contribution in [0.15, 0.2) is 12.7 Å². The lowest BCUT2D eigenvalue weighted by molar-refractivity contribution is 0.259. The molecule has 2 heteroatoms. The fraction of sp³-hybridized carbons (Fsp3) is 0.778. The van der Waals surface area contributed by atoms with E-state index in [9.17, 15) is 0 Å². The molecule has 62 valence electrons. The Balaban J connectivity index is 1.82. The second kappa shape index (κ2) is 2.80. The van der Waals surface area contributed by atoms with Gasteiger partial charge in [-0.15, -0.1) is 18.2 Å². The summed E-state index contributed by atoms with van der Waals surface area (Å²) in [7, 11) is 0. The summed E-state index contributed by atoms with van der Waals surface area (Å²) in [5.41, 5.74) is 0. The molecule has 0 spiro atoms. The Hall–Kier alpha value is -0.0100. The SMILES string of the molecule is C=C[C@@H](Cl)C[C@H]1CC[C@H]2O[C@H]12. The Kier molecular flexibility index (Phi) is 1.94. The third kappa shape index (κ3) is 1.45. The highest BCUT2D eigenvalue weighted by atomic mass is 35.5. The Morgan fingerprint density at radius 1 is 1.64 bits per heavy atom. The third-order valence-corrected chi connectivity index (χ3v) is 3.05. The van der Waals surface area contributed by atoms with Crippen molar-refractivity contribution in [2.45, 2.75) is 36.8 Å². The van der Waals surface area contributed by atoms with Crippen LogP contribution in [0.4, 0.5) is 0 Å². The highest BCUT2D eigenvalue weighted by Gasteiger charge is 2.49. The van der Waals surface area contributed by atoms with Gasteiger partial charge in [-0.2, -0.15) is 0 Å². The van der Waals surface area contributed by atoms with Crippen molar-refractivity contribution in [2.24, 2.45) is 5.92 Å². The minimum Gasteiger partial charge on any atom is -0.369 e. The summed E-state index contributed by atoms with van der Waals surface area (Å²) >= 11 is 5.96. The lowest BCUT2D eigenvalue weighted by Gasteiger charge is -2.11. The molecule has 4 atom stereocenters. The van der Waals surface area contributed by atoms with E-state index in [4.69, 9.17) is 16.3 Å². The molecule has 0 aromatic rings. The first-order chi connectivity index (χ1) is 5.31. The number of hydrogen-bond donors (Lipinski definition) is 0. The Labute approximate surface area is 72.4 Å². The van der Waals surface area contributed by atoms with Crippen LogP contribution in [0.2, 0.25) is 0 Å². The van der Waals surface area contributed by atoms with Crippen molar-refractivity contribution < 1.29 is 4.74 Å². The fourth-order valence-electron chi connectivity index (χ4n) is 1.98. The van der Waals surface area contributed by atoms with Gasteiger partial charge in [0.25, 0.3) is 0 Å². The van der Waals surface area contributed by atoms with Crippen LogP contribution in [0, 0.1) is 5.92 Å². The second-order valence-electron chi connectivity index (χ2n) is 3.46. The van der Waals surface area contributed by atoms with E-state index >= 15 is 0 Å².